The minimum atomic E-state index is -3.68. The summed E-state index contributed by atoms with van der Waals surface area (Å²) in [4.78, 5) is 43.7. The van der Waals surface area contributed by atoms with Gasteiger partial charge in [-0.3, -0.25) is 14.4 Å². The Morgan fingerprint density at radius 2 is 1.66 bits per heavy atom. The molecule has 41 heavy (non-hydrogen) atoms. The third kappa shape index (κ3) is 6.64. The first kappa shape index (κ1) is 31.9. The van der Waals surface area contributed by atoms with Crippen molar-refractivity contribution >= 4 is 62.1 Å². The number of methoxy groups -OCH3 is 1. The van der Waals surface area contributed by atoms with Gasteiger partial charge in [-0.25, -0.2) is 8.42 Å². The van der Waals surface area contributed by atoms with Crippen molar-refractivity contribution in [1.29, 1.82) is 0 Å². The molecule has 2 N–H and O–H groups in total. The molecule has 3 amide bonds. The minimum Gasteiger partial charge on any atom is -0.496 e. The molecule has 3 aromatic carbocycles. The van der Waals surface area contributed by atoms with E-state index in [1.165, 1.54) is 9.80 Å². The number of nitrogens with one attached hydrogen (secondary N) is 2. The zero-order valence-electron chi connectivity index (χ0n) is 23.6. The highest BCUT2D eigenvalue weighted by Crippen LogP contribution is 2.38. The number of nitrogens with zero attached hydrogens (tertiary/aromatic N) is 2. The van der Waals surface area contributed by atoms with Crippen LogP contribution >= 0.6 is 12.4 Å². The number of hydrogen-bond acceptors (Lipinski definition) is 7. The van der Waals surface area contributed by atoms with Gasteiger partial charge in [0, 0.05) is 11.8 Å². The van der Waals surface area contributed by atoms with Gasteiger partial charge in [-0.1, -0.05) is 42.5 Å². The summed E-state index contributed by atoms with van der Waals surface area (Å²) < 4.78 is 29.9. The van der Waals surface area contributed by atoms with Crippen LogP contribution in [-0.2, 0) is 30.8 Å². The molecule has 0 bridgehead atoms. The van der Waals surface area contributed by atoms with Gasteiger partial charge in [0.2, 0.25) is 11.8 Å². The summed E-state index contributed by atoms with van der Waals surface area (Å²) in [6, 6.07) is 15.7. The average molecular weight is 603 g/mol. The summed E-state index contributed by atoms with van der Waals surface area (Å²) in [6.07, 6.45) is 0.984. The van der Waals surface area contributed by atoms with Crippen LogP contribution in [0.2, 0.25) is 0 Å². The van der Waals surface area contributed by atoms with Crippen LogP contribution in [0.4, 0.5) is 11.4 Å². The Balaban J connectivity index is 0.00000462. The van der Waals surface area contributed by atoms with Crippen LogP contribution in [0.3, 0.4) is 0 Å². The first-order valence-corrected chi connectivity index (χ1v) is 14.9. The van der Waals surface area contributed by atoms with E-state index >= 15 is 0 Å². The number of sulfone groups is 1. The molecule has 0 aliphatic carbocycles. The Morgan fingerprint density at radius 1 is 1.02 bits per heavy atom. The largest absolute Gasteiger partial charge is 0.496 e. The molecule has 1 aliphatic rings. The molecule has 3 atom stereocenters. The van der Waals surface area contributed by atoms with E-state index in [4.69, 9.17) is 4.74 Å². The normalized spacial score (nSPS) is 17.7. The molecule has 10 nitrogen and oxygen atoms in total. The monoisotopic (exact) mass is 602 g/mol. The summed E-state index contributed by atoms with van der Waals surface area (Å²) >= 11 is 0. The van der Waals surface area contributed by atoms with Crippen molar-refractivity contribution in [2.24, 2.45) is 0 Å². The van der Waals surface area contributed by atoms with E-state index in [1.807, 2.05) is 36.4 Å². The number of anilines is 2. The number of carbonyl (C=O) groups is 3. The van der Waals surface area contributed by atoms with Crippen LogP contribution in [0.25, 0.3) is 10.8 Å². The molecular formula is C29H35ClN4O6S. The lowest BCUT2D eigenvalue weighted by Gasteiger charge is -2.32. The number of para-hydroxylation sites is 2. The van der Waals surface area contributed by atoms with E-state index < -0.39 is 51.4 Å². The van der Waals surface area contributed by atoms with Gasteiger partial charge >= 0.3 is 0 Å². The van der Waals surface area contributed by atoms with Crippen LogP contribution in [0, 0.1) is 0 Å². The second kappa shape index (κ2) is 12.9. The summed E-state index contributed by atoms with van der Waals surface area (Å²) in [5.74, 6) is -1.74. The highest BCUT2D eigenvalue weighted by atomic mass is 35.5. The Morgan fingerprint density at radius 3 is 2.29 bits per heavy atom. The Labute approximate surface area is 246 Å². The van der Waals surface area contributed by atoms with Gasteiger partial charge in [0.25, 0.3) is 5.91 Å². The molecule has 0 spiro atoms. The van der Waals surface area contributed by atoms with Crippen molar-refractivity contribution in [1.82, 2.24) is 10.6 Å². The van der Waals surface area contributed by atoms with Gasteiger partial charge in [0.05, 0.1) is 37.1 Å². The van der Waals surface area contributed by atoms with Crippen LogP contribution in [0.15, 0.2) is 60.7 Å². The first-order valence-electron chi connectivity index (χ1n) is 12.9. The van der Waals surface area contributed by atoms with Crippen LogP contribution < -0.4 is 25.2 Å². The van der Waals surface area contributed by atoms with Crippen molar-refractivity contribution in [3.8, 4) is 5.75 Å². The van der Waals surface area contributed by atoms with Crippen molar-refractivity contribution in [3.05, 3.63) is 66.2 Å². The number of carbonyl (C=O) groups excluding carboxylic acids is 3. The number of halogens is 1. The molecule has 3 aromatic rings. The third-order valence-electron chi connectivity index (χ3n) is 7.17. The van der Waals surface area contributed by atoms with E-state index in [0.717, 1.165) is 22.6 Å². The van der Waals surface area contributed by atoms with Crippen molar-refractivity contribution in [3.63, 3.8) is 0 Å². The summed E-state index contributed by atoms with van der Waals surface area (Å²) in [5.41, 5.74) is 1.53. The van der Waals surface area contributed by atoms with E-state index in [-0.39, 0.29) is 19.0 Å². The number of rotatable bonds is 8. The lowest BCUT2D eigenvalue weighted by atomic mass is 10.0. The maximum atomic E-state index is 14.4. The third-order valence-corrected chi connectivity index (χ3v) is 7.94. The second-order valence-electron chi connectivity index (χ2n) is 9.95. The molecular weight excluding hydrogens is 568 g/mol. The number of fused-ring (bicyclic) bond motifs is 2. The number of amides is 3. The van der Waals surface area contributed by atoms with E-state index in [9.17, 15) is 22.8 Å². The Kier molecular flexibility index (Phi) is 10.0. The van der Waals surface area contributed by atoms with E-state index in [0.29, 0.717) is 17.1 Å². The molecule has 4 rings (SSSR count). The molecule has 1 aliphatic heterocycles. The zero-order chi connectivity index (χ0) is 29.2. The molecule has 0 fully saturated rings. The Hall–Kier alpha value is -3.67. The first-order chi connectivity index (χ1) is 19.0. The molecule has 1 heterocycles. The Bertz CT molecular complexity index is 1560. The highest BCUT2D eigenvalue weighted by molar-refractivity contribution is 7.91. The topological polar surface area (TPSA) is 125 Å². The van der Waals surface area contributed by atoms with Crippen molar-refractivity contribution in [2.45, 2.75) is 38.5 Å². The van der Waals surface area contributed by atoms with Gasteiger partial charge in [0.15, 0.2) is 9.84 Å². The number of likely N-dealkylation sites (N-methyl/N-ethyl adjacent to an activating group) is 1. The lowest BCUT2D eigenvalue weighted by Crippen LogP contribution is -2.60. The summed E-state index contributed by atoms with van der Waals surface area (Å²) in [5, 5.41) is 7.51. The van der Waals surface area contributed by atoms with Crippen molar-refractivity contribution < 1.29 is 27.5 Å². The molecule has 0 radical (unpaired) electrons. The predicted octanol–water partition coefficient (Wildman–Crippen LogP) is 2.68. The number of ether oxygens (including phenoxy) is 1. The molecule has 0 unspecified atom stereocenters. The van der Waals surface area contributed by atoms with Gasteiger partial charge in [-0.05, 0) is 49.9 Å². The fraction of sp³-hybridized carbons (Fsp3) is 0.345. The van der Waals surface area contributed by atoms with Crippen LogP contribution in [0.1, 0.15) is 19.4 Å². The van der Waals surface area contributed by atoms with E-state index in [2.05, 4.69) is 10.6 Å². The molecule has 12 heteroatoms. The second-order valence-corrected chi connectivity index (χ2v) is 12.1. The fourth-order valence-electron chi connectivity index (χ4n) is 5.00. The van der Waals surface area contributed by atoms with Crippen LogP contribution in [0.5, 0.6) is 5.75 Å². The zero-order valence-corrected chi connectivity index (χ0v) is 25.2. The molecule has 0 saturated heterocycles. The number of hydrogen-bond donors (Lipinski definition) is 2. The maximum absolute atomic E-state index is 14.4. The average Bonchev–Trinajstić information content (AvgIpc) is 3.00. The van der Waals surface area contributed by atoms with Gasteiger partial charge in [-0.2, -0.15) is 0 Å². The standard InChI is InChI=1S/C29H34N4O6S.ClH/c1-18(30-3)28(35)31-27-19(2)33(26(34)17-40(5,37)38)24-13-9-8-12-23(24)32(29(27)36)16-22-21-11-7-6-10-20(21)14-15-25(22)39-4;/h6-15,18-19,27,30H,16-17H2,1-5H3,(H,31,35);1H/t18-,19-,27-;/m0./s1. The summed E-state index contributed by atoms with van der Waals surface area (Å²) in [7, 11) is -0.499. The SMILES string of the molecule is CN[C@@H](C)C(=O)N[C@@H]1C(=O)N(Cc2c(OC)ccc3ccccc23)c2ccccc2N(C(=O)CS(C)(=O)=O)[C@H]1C.Cl. The van der Waals surface area contributed by atoms with Gasteiger partial charge in [-0.15, -0.1) is 12.4 Å². The molecule has 0 aromatic heterocycles. The predicted molar refractivity (Wildman–Crippen MR) is 162 cm³/mol. The maximum Gasteiger partial charge on any atom is 0.252 e. The van der Waals surface area contributed by atoms with Crippen molar-refractivity contribution in [2.75, 3.05) is 36.0 Å². The van der Waals surface area contributed by atoms with Gasteiger partial charge < -0.3 is 25.2 Å². The quantitative estimate of drug-likeness (QED) is 0.406. The number of benzene rings is 3. The minimum absolute atomic E-state index is 0. The van der Waals surface area contributed by atoms with E-state index in [1.54, 1.807) is 52.3 Å². The highest BCUT2D eigenvalue weighted by Gasteiger charge is 2.43. The smallest absolute Gasteiger partial charge is 0.252 e. The van der Waals surface area contributed by atoms with Gasteiger partial charge in [0.1, 0.15) is 17.5 Å². The lowest BCUT2D eigenvalue weighted by molar-refractivity contribution is -0.129. The molecule has 0 saturated carbocycles. The fourth-order valence-corrected chi connectivity index (χ4v) is 5.58. The molecule has 220 valence electrons. The summed E-state index contributed by atoms with van der Waals surface area (Å²) in [6.45, 7) is 3.36. The van der Waals surface area contributed by atoms with Crippen LogP contribution in [-0.4, -0.2) is 70.4 Å².